The van der Waals surface area contributed by atoms with Crippen LogP contribution in [-0.4, -0.2) is 23.8 Å². The third-order valence-electron chi connectivity index (χ3n) is 4.50. The molecular weight excluding hydrogens is 502 g/mol. The number of benzene rings is 3. The molecule has 4 rings (SSSR count). The van der Waals surface area contributed by atoms with Crippen LogP contribution in [0, 0.1) is 0 Å². The van der Waals surface area contributed by atoms with Gasteiger partial charge in [-0.1, -0.05) is 46.3 Å². The van der Waals surface area contributed by atoms with E-state index in [4.69, 9.17) is 9.47 Å². The van der Waals surface area contributed by atoms with Gasteiger partial charge >= 0.3 is 5.97 Å². The number of hydrogen-bond donors (Lipinski definition) is 1. The summed E-state index contributed by atoms with van der Waals surface area (Å²) in [6.07, 6.45) is 1.66. The van der Waals surface area contributed by atoms with Gasteiger partial charge in [0.1, 0.15) is 0 Å². The van der Waals surface area contributed by atoms with E-state index in [1.807, 2.05) is 42.6 Å². The second kappa shape index (κ2) is 10.9. The van der Waals surface area contributed by atoms with Gasteiger partial charge in [-0.3, -0.25) is 5.43 Å². The van der Waals surface area contributed by atoms with Crippen molar-refractivity contribution in [1.29, 1.82) is 0 Å². The lowest BCUT2D eigenvalue weighted by molar-refractivity contribution is 0.0728. The molecule has 166 valence electrons. The van der Waals surface area contributed by atoms with Gasteiger partial charge in [0.2, 0.25) is 5.13 Å². The summed E-state index contributed by atoms with van der Waals surface area (Å²) in [5.41, 5.74) is 6.13. The first kappa shape index (κ1) is 22.7. The maximum atomic E-state index is 12.4. The van der Waals surface area contributed by atoms with Gasteiger partial charge in [0.15, 0.2) is 11.5 Å². The zero-order valence-corrected chi connectivity index (χ0v) is 20.1. The van der Waals surface area contributed by atoms with Crippen molar-refractivity contribution in [3.05, 3.63) is 93.8 Å². The predicted octanol–water partition coefficient (Wildman–Crippen LogP) is 6.64. The summed E-state index contributed by atoms with van der Waals surface area (Å²) in [6.45, 7) is 2.31. The minimum Gasteiger partial charge on any atom is -0.490 e. The molecule has 6 nitrogen and oxygen atoms in total. The number of hydrazone groups is 1. The number of halogens is 1. The smallest absolute Gasteiger partial charge is 0.343 e. The summed E-state index contributed by atoms with van der Waals surface area (Å²) in [5.74, 6) is 0.386. The summed E-state index contributed by atoms with van der Waals surface area (Å²) < 4.78 is 12.2. The molecule has 33 heavy (non-hydrogen) atoms. The molecule has 0 aliphatic heterocycles. The zero-order chi connectivity index (χ0) is 23.0. The Bertz CT molecular complexity index is 1260. The number of esters is 1. The lowest BCUT2D eigenvalue weighted by atomic mass is 10.2. The first-order chi connectivity index (χ1) is 16.1. The largest absolute Gasteiger partial charge is 0.490 e. The van der Waals surface area contributed by atoms with Gasteiger partial charge in [-0.25, -0.2) is 9.78 Å². The lowest BCUT2D eigenvalue weighted by Crippen LogP contribution is -2.09. The molecule has 0 aliphatic carbocycles. The van der Waals surface area contributed by atoms with Crippen molar-refractivity contribution in [2.75, 3.05) is 12.0 Å². The van der Waals surface area contributed by atoms with Gasteiger partial charge in [-0.2, -0.15) is 5.10 Å². The van der Waals surface area contributed by atoms with E-state index in [0.29, 0.717) is 28.8 Å². The number of nitrogens with zero attached hydrogens (tertiary/aromatic N) is 2. The van der Waals surface area contributed by atoms with Crippen molar-refractivity contribution in [2.45, 2.75) is 6.92 Å². The summed E-state index contributed by atoms with van der Waals surface area (Å²) >= 11 is 4.91. The summed E-state index contributed by atoms with van der Waals surface area (Å²) in [6, 6.07) is 22.1. The van der Waals surface area contributed by atoms with E-state index in [2.05, 4.69) is 31.4 Å². The third kappa shape index (κ3) is 6.06. The second-order valence-electron chi connectivity index (χ2n) is 6.81. The van der Waals surface area contributed by atoms with Crippen LogP contribution in [-0.2, 0) is 0 Å². The highest BCUT2D eigenvalue weighted by Crippen LogP contribution is 2.29. The number of anilines is 1. The van der Waals surface area contributed by atoms with Crippen molar-refractivity contribution in [2.24, 2.45) is 5.10 Å². The number of ether oxygens (including phenoxy) is 2. The Hall–Kier alpha value is -3.49. The molecule has 0 atom stereocenters. The second-order valence-corrected chi connectivity index (χ2v) is 8.58. The Morgan fingerprint density at radius 3 is 2.64 bits per heavy atom. The number of carbonyl (C=O) groups is 1. The Kier molecular flexibility index (Phi) is 7.49. The fraction of sp³-hybridized carbons (Fsp3) is 0.0800. The zero-order valence-electron chi connectivity index (χ0n) is 17.7. The number of rotatable bonds is 8. The van der Waals surface area contributed by atoms with Crippen LogP contribution >= 0.6 is 27.3 Å². The van der Waals surface area contributed by atoms with Crippen molar-refractivity contribution in [1.82, 2.24) is 4.98 Å². The number of carbonyl (C=O) groups excluding carboxylic acids is 1. The summed E-state index contributed by atoms with van der Waals surface area (Å²) in [4.78, 5) is 16.9. The standard InChI is InChI=1S/C25H20BrN3O3S/c1-2-31-23-14-17(8-13-22(23)32-24(30)19-6-4-3-5-7-19)15-27-29-25-28-21(16-33-25)18-9-11-20(26)12-10-18/h3-16H,2H2,1H3,(H,28,29)/b27-15-. The normalized spacial score (nSPS) is 10.8. The van der Waals surface area contributed by atoms with Gasteiger partial charge < -0.3 is 9.47 Å². The molecule has 1 aromatic heterocycles. The van der Waals surface area contributed by atoms with Crippen LogP contribution in [0.1, 0.15) is 22.8 Å². The minimum atomic E-state index is -0.440. The Labute approximate surface area is 204 Å². The van der Waals surface area contributed by atoms with Crippen molar-refractivity contribution >= 4 is 44.6 Å². The number of aromatic nitrogens is 1. The highest BCUT2D eigenvalue weighted by molar-refractivity contribution is 9.10. The van der Waals surface area contributed by atoms with Crippen LogP contribution in [0.15, 0.2) is 87.8 Å². The van der Waals surface area contributed by atoms with Crippen LogP contribution in [0.3, 0.4) is 0 Å². The molecule has 1 heterocycles. The Balaban J connectivity index is 1.43. The van der Waals surface area contributed by atoms with Crippen LogP contribution in [0.2, 0.25) is 0 Å². The van der Waals surface area contributed by atoms with E-state index >= 15 is 0 Å². The maximum Gasteiger partial charge on any atom is 0.343 e. The van der Waals surface area contributed by atoms with Crippen LogP contribution in [0.4, 0.5) is 5.13 Å². The first-order valence-electron chi connectivity index (χ1n) is 10.2. The fourth-order valence-electron chi connectivity index (χ4n) is 2.93. The molecule has 4 aromatic rings. The first-order valence-corrected chi connectivity index (χ1v) is 11.8. The Morgan fingerprint density at radius 1 is 1.09 bits per heavy atom. The van der Waals surface area contributed by atoms with E-state index in [0.717, 1.165) is 21.3 Å². The van der Waals surface area contributed by atoms with Crippen LogP contribution in [0.25, 0.3) is 11.3 Å². The minimum absolute atomic E-state index is 0.356. The van der Waals surface area contributed by atoms with Crippen molar-refractivity contribution < 1.29 is 14.3 Å². The van der Waals surface area contributed by atoms with E-state index in [9.17, 15) is 4.79 Å². The molecule has 8 heteroatoms. The number of hydrogen-bond acceptors (Lipinski definition) is 7. The van der Waals surface area contributed by atoms with E-state index in [1.165, 1.54) is 11.3 Å². The molecule has 0 unspecified atom stereocenters. The molecule has 3 aromatic carbocycles. The van der Waals surface area contributed by atoms with Crippen LogP contribution < -0.4 is 14.9 Å². The van der Waals surface area contributed by atoms with Gasteiger partial charge in [-0.05, 0) is 55.0 Å². The monoisotopic (exact) mass is 521 g/mol. The summed E-state index contributed by atoms with van der Waals surface area (Å²) in [5, 5.41) is 6.93. The molecule has 1 N–H and O–H groups in total. The van der Waals surface area contributed by atoms with E-state index in [1.54, 1.807) is 48.7 Å². The molecule has 0 amide bonds. The quantitative estimate of drug-likeness (QED) is 0.122. The van der Waals surface area contributed by atoms with Crippen LogP contribution in [0.5, 0.6) is 11.5 Å². The molecule has 0 aliphatic rings. The molecule has 0 bridgehead atoms. The SMILES string of the molecule is CCOc1cc(/C=N\Nc2nc(-c3ccc(Br)cc3)cs2)ccc1OC(=O)c1ccccc1. The average molecular weight is 522 g/mol. The molecule has 0 spiro atoms. The Morgan fingerprint density at radius 2 is 1.88 bits per heavy atom. The fourth-order valence-corrected chi connectivity index (χ4v) is 3.86. The van der Waals surface area contributed by atoms with Gasteiger partial charge in [-0.15, -0.1) is 11.3 Å². The molecule has 0 saturated carbocycles. The van der Waals surface area contributed by atoms with E-state index < -0.39 is 5.97 Å². The third-order valence-corrected chi connectivity index (χ3v) is 5.77. The topological polar surface area (TPSA) is 72.8 Å². The predicted molar refractivity (Wildman–Crippen MR) is 135 cm³/mol. The van der Waals surface area contributed by atoms with Gasteiger partial charge in [0.05, 0.1) is 24.1 Å². The van der Waals surface area contributed by atoms with Crippen molar-refractivity contribution in [3.8, 4) is 22.8 Å². The maximum absolute atomic E-state index is 12.4. The molecule has 0 fully saturated rings. The lowest BCUT2D eigenvalue weighted by Gasteiger charge is -2.11. The van der Waals surface area contributed by atoms with E-state index in [-0.39, 0.29) is 0 Å². The van der Waals surface area contributed by atoms with Gasteiger partial charge in [0.25, 0.3) is 0 Å². The molecule has 0 saturated heterocycles. The number of thiazole rings is 1. The van der Waals surface area contributed by atoms with Gasteiger partial charge in [0, 0.05) is 15.4 Å². The highest BCUT2D eigenvalue weighted by Gasteiger charge is 2.13. The highest BCUT2D eigenvalue weighted by atomic mass is 79.9. The number of nitrogens with one attached hydrogen (secondary N) is 1. The van der Waals surface area contributed by atoms with Crippen molar-refractivity contribution in [3.63, 3.8) is 0 Å². The average Bonchev–Trinajstić information content (AvgIpc) is 3.31. The molecule has 0 radical (unpaired) electrons. The molecular formula is C25H20BrN3O3S. The summed E-state index contributed by atoms with van der Waals surface area (Å²) in [7, 11) is 0.